The molecule has 0 aromatic heterocycles. The maximum Gasteiger partial charge on any atom is 0.238 e. The number of rotatable bonds is 4. The summed E-state index contributed by atoms with van der Waals surface area (Å²) in [6, 6.07) is 16.2. The van der Waals surface area contributed by atoms with Crippen LogP contribution in [-0.4, -0.2) is 17.6 Å². The molecule has 0 unspecified atom stereocenters. The van der Waals surface area contributed by atoms with E-state index in [0.717, 1.165) is 29.8 Å². The van der Waals surface area contributed by atoms with Crippen LogP contribution in [0.15, 0.2) is 48.5 Å². The third-order valence-corrected chi connectivity index (χ3v) is 6.50. The highest BCUT2D eigenvalue weighted by Crippen LogP contribution is 2.42. The summed E-state index contributed by atoms with van der Waals surface area (Å²) in [5.74, 6) is 0.906. The van der Waals surface area contributed by atoms with Gasteiger partial charge in [-0.25, -0.2) is 0 Å². The van der Waals surface area contributed by atoms with E-state index in [0.29, 0.717) is 5.75 Å². The minimum Gasteiger partial charge on any atom is -0.326 e. The first-order chi connectivity index (χ1) is 13.3. The molecule has 1 atom stereocenters. The fourth-order valence-corrected chi connectivity index (χ4v) is 4.57. The first-order valence-corrected chi connectivity index (χ1v) is 10.8. The zero-order chi connectivity index (χ0) is 19.9. The quantitative estimate of drug-likeness (QED) is 0.784. The molecular formula is C23H26N2O2S. The number of thioether (sulfide) groups is 1. The Hall–Kier alpha value is -2.27. The lowest BCUT2D eigenvalue weighted by Crippen LogP contribution is -2.28. The lowest BCUT2D eigenvalue weighted by Gasteiger charge is -2.26. The van der Waals surface area contributed by atoms with Crippen molar-refractivity contribution in [3.05, 3.63) is 59.7 Å². The van der Waals surface area contributed by atoms with Gasteiger partial charge in [-0.2, -0.15) is 0 Å². The van der Waals surface area contributed by atoms with Gasteiger partial charge in [0.25, 0.3) is 0 Å². The first-order valence-electron chi connectivity index (χ1n) is 9.78. The molecule has 28 heavy (non-hydrogen) atoms. The van der Waals surface area contributed by atoms with Crippen LogP contribution in [0.2, 0.25) is 0 Å². The van der Waals surface area contributed by atoms with Crippen LogP contribution in [-0.2, 0) is 15.0 Å². The molecule has 2 fully saturated rings. The van der Waals surface area contributed by atoms with Gasteiger partial charge >= 0.3 is 0 Å². The van der Waals surface area contributed by atoms with Crippen LogP contribution in [0.1, 0.15) is 50.1 Å². The Morgan fingerprint density at radius 1 is 1.04 bits per heavy atom. The number of nitrogens with zero attached hydrogens (tertiary/aromatic N) is 1. The van der Waals surface area contributed by atoms with Crippen LogP contribution in [0.4, 0.5) is 11.4 Å². The summed E-state index contributed by atoms with van der Waals surface area (Å²) in [5, 5.41) is 2.93. The van der Waals surface area contributed by atoms with E-state index >= 15 is 0 Å². The highest BCUT2D eigenvalue weighted by Gasteiger charge is 2.34. The van der Waals surface area contributed by atoms with Crippen LogP contribution in [0.25, 0.3) is 0 Å². The number of carbonyl (C=O) groups is 2. The number of carbonyl (C=O) groups excluding carboxylic acids is 2. The Morgan fingerprint density at radius 2 is 1.68 bits per heavy atom. The van der Waals surface area contributed by atoms with Gasteiger partial charge in [-0.3, -0.25) is 14.5 Å². The molecule has 1 heterocycles. The Labute approximate surface area is 170 Å². The van der Waals surface area contributed by atoms with Crippen molar-refractivity contribution in [1.29, 1.82) is 0 Å². The second kappa shape index (κ2) is 7.28. The van der Waals surface area contributed by atoms with Gasteiger partial charge in [0.2, 0.25) is 11.8 Å². The standard InChI is InChI=1S/C23H26N2O2S/c1-23(2,3)17-8-12-19(13-9-17)25-20(26)14-28-22(25)16-6-10-18(11-7-16)24-21(27)15-4-5-15/h6-13,15,22H,4-5,14H2,1-3H3,(H,24,27)/t22-/m0/s1. The highest BCUT2D eigenvalue weighted by molar-refractivity contribution is 8.00. The van der Waals surface area contributed by atoms with Gasteiger partial charge in [0.05, 0.1) is 5.75 Å². The molecule has 1 aliphatic heterocycles. The average Bonchev–Trinajstić information content (AvgIpc) is 3.44. The highest BCUT2D eigenvalue weighted by atomic mass is 32.2. The maximum atomic E-state index is 12.6. The van der Waals surface area contributed by atoms with E-state index in [4.69, 9.17) is 0 Å². The summed E-state index contributed by atoms with van der Waals surface area (Å²) in [5.41, 5.74) is 4.15. The summed E-state index contributed by atoms with van der Waals surface area (Å²) in [6.07, 6.45) is 1.99. The van der Waals surface area contributed by atoms with Gasteiger partial charge in [0, 0.05) is 17.3 Å². The number of hydrogen-bond donors (Lipinski definition) is 1. The van der Waals surface area contributed by atoms with E-state index in [-0.39, 0.29) is 28.5 Å². The molecule has 2 aliphatic rings. The normalized spacial score (nSPS) is 19.8. The lowest BCUT2D eigenvalue weighted by molar-refractivity contribution is -0.117. The number of hydrogen-bond acceptors (Lipinski definition) is 3. The van der Waals surface area contributed by atoms with Crippen molar-refractivity contribution >= 4 is 35.0 Å². The molecule has 1 saturated carbocycles. The topological polar surface area (TPSA) is 49.4 Å². The SMILES string of the molecule is CC(C)(C)c1ccc(N2C(=O)CS[C@H]2c2ccc(NC(=O)C3CC3)cc2)cc1. The van der Waals surface area contributed by atoms with E-state index in [2.05, 4.69) is 38.2 Å². The second-order valence-electron chi connectivity index (χ2n) is 8.61. The van der Waals surface area contributed by atoms with Crippen molar-refractivity contribution in [2.45, 2.75) is 44.4 Å². The summed E-state index contributed by atoms with van der Waals surface area (Å²) >= 11 is 1.64. The fraction of sp³-hybridized carbons (Fsp3) is 0.391. The Morgan fingerprint density at radius 3 is 2.25 bits per heavy atom. The molecule has 4 nitrogen and oxygen atoms in total. The Bertz CT molecular complexity index is 880. The molecule has 2 amide bonds. The second-order valence-corrected chi connectivity index (χ2v) is 9.68. The van der Waals surface area contributed by atoms with Crippen LogP contribution in [0.5, 0.6) is 0 Å². The van der Waals surface area contributed by atoms with Gasteiger partial charge in [0.15, 0.2) is 0 Å². The van der Waals surface area contributed by atoms with Gasteiger partial charge in [-0.1, -0.05) is 45.0 Å². The molecule has 4 rings (SSSR count). The molecular weight excluding hydrogens is 368 g/mol. The zero-order valence-electron chi connectivity index (χ0n) is 16.6. The van der Waals surface area contributed by atoms with Crippen LogP contribution >= 0.6 is 11.8 Å². The van der Waals surface area contributed by atoms with Crippen molar-refractivity contribution in [2.24, 2.45) is 5.92 Å². The van der Waals surface area contributed by atoms with Crippen molar-refractivity contribution in [2.75, 3.05) is 16.0 Å². The molecule has 1 aliphatic carbocycles. The molecule has 1 N–H and O–H groups in total. The molecule has 2 aromatic rings. The lowest BCUT2D eigenvalue weighted by atomic mass is 9.87. The summed E-state index contributed by atoms with van der Waals surface area (Å²) in [6.45, 7) is 6.56. The maximum absolute atomic E-state index is 12.6. The number of nitrogens with one attached hydrogen (secondary N) is 1. The van der Waals surface area contributed by atoms with Gasteiger partial charge < -0.3 is 5.32 Å². The van der Waals surface area contributed by atoms with E-state index < -0.39 is 0 Å². The first kappa shape index (κ1) is 19.1. The van der Waals surface area contributed by atoms with E-state index in [1.54, 1.807) is 11.8 Å². The number of anilines is 2. The van der Waals surface area contributed by atoms with Gasteiger partial charge in [-0.05, 0) is 53.6 Å². The van der Waals surface area contributed by atoms with Gasteiger partial charge in [-0.15, -0.1) is 11.8 Å². The molecule has 0 spiro atoms. The molecule has 146 valence electrons. The summed E-state index contributed by atoms with van der Waals surface area (Å²) < 4.78 is 0. The van der Waals surface area contributed by atoms with Crippen molar-refractivity contribution in [3.8, 4) is 0 Å². The van der Waals surface area contributed by atoms with Crippen molar-refractivity contribution < 1.29 is 9.59 Å². The number of benzene rings is 2. The average molecular weight is 395 g/mol. The van der Waals surface area contributed by atoms with E-state index in [1.165, 1.54) is 5.56 Å². The van der Waals surface area contributed by atoms with Crippen LogP contribution in [0, 0.1) is 5.92 Å². The Balaban J connectivity index is 1.53. The smallest absolute Gasteiger partial charge is 0.238 e. The van der Waals surface area contributed by atoms with Crippen molar-refractivity contribution in [3.63, 3.8) is 0 Å². The minimum absolute atomic E-state index is 0.0406. The molecule has 0 bridgehead atoms. The van der Waals surface area contributed by atoms with Crippen LogP contribution < -0.4 is 10.2 Å². The molecule has 5 heteroatoms. The fourth-order valence-electron chi connectivity index (χ4n) is 3.39. The predicted molar refractivity (Wildman–Crippen MR) is 116 cm³/mol. The van der Waals surface area contributed by atoms with Gasteiger partial charge in [0.1, 0.15) is 5.37 Å². The minimum atomic E-state index is -0.0406. The summed E-state index contributed by atoms with van der Waals surface area (Å²) in [7, 11) is 0. The number of amides is 2. The molecule has 2 aromatic carbocycles. The molecule has 0 radical (unpaired) electrons. The third-order valence-electron chi connectivity index (χ3n) is 5.29. The largest absolute Gasteiger partial charge is 0.326 e. The molecule has 1 saturated heterocycles. The Kier molecular flexibility index (Phi) is 4.96. The predicted octanol–water partition coefficient (Wildman–Crippen LogP) is 5.11. The van der Waals surface area contributed by atoms with E-state index in [1.807, 2.05) is 41.3 Å². The van der Waals surface area contributed by atoms with Crippen molar-refractivity contribution in [1.82, 2.24) is 0 Å². The zero-order valence-corrected chi connectivity index (χ0v) is 17.4. The summed E-state index contributed by atoms with van der Waals surface area (Å²) in [4.78, 5) is 26.4. The van der Waals surface area contributed by atoms with E-state index in [9.17, 15) is 9.59 Å². The monoisotopic (exact) mass is 394 g/mol. The van der Waals surface area contributed by atoms with Crippen LogP contribution in [0.3, 0.4) is 0 Å². The third kappa shape index (κ3) is 3.95.